The molecule has 0 bridgehead atoms. The molecule has 4 aromatic rings. The number of anilines is 1. The highest BCUT2D eigenvalue weighted by Gasteiger charge is 2.17. The minimum atomic E-state index is -4.12. The summed E-state index contributed by atoms with van der Waals surface area (Å²) in [5.41, 5.74) is 0.720. The summed E-state index contributed by atoms with van der Waals surface area (Å²) in [6.45, 7) is 0.235. The van der Waals surface area contributed by atoms with Gasteiger partial charge in [0.2, 0.25) is 0 Å². The molecule has 0 amide bonds. The number of fused-ring (bicyclic) bond motifs is 1. The second-order valence-corrected chi connectivity index (χ2v) is 8.64. The molecule has 0 atom stereocenters. The lowest BCUT2D eigenvalue weighted by molar-refractivity contribution is -0.384. The lowest BCUT2D eigenvalue weighted by Crippen LogP contribution is -2.10. The summed E-state index contributed by atoms with van der Waals surface area (Å²) in [5.74, 6) is 0.0764. The van der Waals surface area contributed by atoms with Gasteiger partial charge in [-0.25, -0.2) is 4.79 Å². The summed E-state index contributed by atoms with van der Waals surface area (Å²) in [6.07, 6.45) is 0. The molecule has 0 unspecified atom stereocenters. The van der Waals surface area contributed by atoms with Gasteiger partial charge in [0.25, 0.3) is 5.69 Å². The topological polar surface area (TPSA) is 153 Å². The van der Waals surface area contributed by atoms with Crippen molar-refractivity contribution in [3.63, 3.8) is 0 Å². The molecule has 1 N–H and O–H groups in total. The normalized spacial score (nSPS) is 11.0. The summed E-state index contributed by atoms with van der Waals surface area (Å²) in [7, 11) is -4.12. The Hall–Kier alpha value is -4.69. The first-order chi connectivity index (χ1) is 16.2. The van der Waals surface area contributed by atoms with Crippen LogP contribution in [-0.4, -0.2) is 13.3 Å². The number of nitro groups is 1. The first-order valence-corrected chi connectivity index (χ1v) is 11.2. The van der Waals surface area contributed by atoms with Crippen LogP contribution in [0.15, 0.2) is 86.9 Å². The number of nitrogens with zero attached hydrogens (tertiary/aromatic N) is 2. The van der Waals surface area contributed by atoms with Crippen LogP contribution in [0.4, 0.5) is 11.4 Å². The number of rotatable bonds is 7. The number of non-ortho nitro benzene ring substituents is 1. The zero-order chi connectivity index (χ0) is 24.3. The van der Waals surface area contributed by atoms with E-state index in [2.05, 4.69) is 5.32 Å². The summed E-state index contributed by atoms with van der Waals surface area (Å²) in [5, 5.41) is 23.4. The van der Waals surface area contributed by atoms with Crippen LogP contribution in [0.3, 0.4) is 0 Å². The van der Waals surface area contributed by atoms with E-state index in [0.29, 0.717) is 11.1 Å². The molecule has 1 heterocycles. The molecule has 170 valence electrons. The summed E-state index contributed by atoms with van der Waals surface area (Å²) in [4.78, 5) is 22.2. The zero-order valence-electron chi connectivity index (χ0n) is 17.3. The maximum Gasteiger partial charge on any atom is 0.339 e. The van der Waals surface area contributed by atoms with E-state index in [1.54, 1.807) is 12.1 Å². The Morgan fingerprint density at radius 3 is 2.53 bits per heavy atom. The number of nitrogens with one attached hydrogen (secondary N) is 1. The summed E-state index contributed by atoms with van der Waals surface area (Å²) >= 11 is 0. The number of hydrogen-bond donors (Lipinski definition) is 1. The minimum absolute atomic E-state index is 0.0764. The lowest BCUT2D eigenvalue weighted by Gasteiger charge is -2.10. The maximum atomic E-state index is 12.5. The van der Waals surface area contributed by atoms with Crippen LogP contribution in [0.2, 0.25) is 0 Å². The Bertz CT molecular complexity index is 1600. The van der Waals surface area contributed by atoms with Crippen LogP contribution in [0, 0.1) is 21.4 Å². The van der Waals surface area contributed by atoms with E-state index in [1.807, 2.05) is 6.07 Å². The van der Waals surface area contributed by atoms with Gasteiger partial charge in [0.1, 0.15) is 16.2 Å². The van der Waals surface area contributed by atoms with Gasteiger partial charge in [-0.2, -0.15) is 13.7 Å². The van der Waals surface area contributed by atoms with Crippen molar-refractivity contribution < 1.29 is 21.9 Å². The Morgan fingerprint density at radius 2 is 1.82 bits per heavy atom. The molecule has 0 spiro atoms. The van der Waals surface area contributed by atoms with Gasteiger partial charge in [0, 0.05) is 30.1 Å². The van der Waals surface area contributed by atoms with E-state index in [0.717, 1.165) is 5.56 Å². The van der Waals surface area contributed by atoms with Crippen LogP contribution >= 0.6 is 0 Å². The predicted octanol–water partition coefficient (Wildman–Crippen LogP) is 3.95. The van der Waals surface area contributed by atoms with Gasteiger partial charge < -0.3 is 13.9 Å². The molecule has 0 fully saturated rings. The van der Waals surface area contributed by atoms with Gasteiger partial charge in [0.05, 0.1) is 22.2 Å². The molecule has 0 saturated heterocycles. The predicted molar refractivity (Wildman–Crippen MR) is 122 cm³/mol. The van der Waals surface area contributed by atoms with Gasteiger partial charge in [-0.1, -0.05) is 18.2 Å². The molecule has 0 aliphatic heterocycles. The highest BCUT2D eigenvalue weighted by atomic mass is 32.2. The van der Waals surface area contributed by atoms with Crippen LogP contribution in [0.1, 0.15) is 11.1 Å². The maximum absolute atomic E-state index is 12.5. The molecule has 0 saturated carbocycles. The van der Waals surface area contributed by atoms with Crippen molar-refractivity contribution in [1.82, 2.24) is 0 Å². The molecule has 0 aliphatic carbocycles. The SMILES string of the molecule is N#Cc1cccc(S(=O)(=O)Oc2ccc(CNc3cc(=O)oc4ccc([N+](=O)[O-])cc34)cc2)c1. The van der Waals surface area contributed by atoms with Crippen LogP contribution in [-0.2, 0) is 16.7 Å². The van der Waals surface area contributed by atoms with Crippen molar-refractivity contribution in [3.05, 3.63) is 104 Å². The second kappa shape index (κ2) is 9.05. The van der Waals surface area contributed by atoms with Crippen molar-refractivity contribution in [3.8, 4) is 11.8 Å². The van der Waals surface area contributed by atoms with E-state index < -0.39 is 20.7 Å². The van der Waals surface area contributed by atoms with Crippen molar-refractivity contribution in [2.24, 2.45) is 0 Å². The summed E-state index contributed by atoms with van der Waals surface area (Å²) < 4.78 is 35.2. The first kappa shape index (κ1) is 22.5. The Labute approximate surface area is 192 Å². The van der Waals surface area contributed by atoms with Gasteiger partial charge in [-0.3, -0.25) is 10.1 Å². The van der Waals surface area contributed by atoms with Gasteiger partial charge in [0.15, 0.2) is 0 Å². The van der Waals surface area contributed by atoms with Gasteiger partial charge >= 0.3 is 15.7 Å². The van der Waals surface area contributed by atoms with E-state index in [4.69, 9.17) is 13.9 Å². The molecule has 1 aromatic heterocycles. The number of nitriles is 1. The zero-order valence-corrected chi connectivity index (χ0v) is 18.1. The van der Waals surface area contributed by atoms with Gasteiger partial charge in [-0.15, -0.1) is 0 Å². The van der Waals surface area contributed by atoms with Crippen LogP contribution in [0.25, 0.3) is 11.0 Å². The largest absolute Gasteiger partial charge is 0.423 e. The fourth-order valence-corrected chi connectivity index (χ4v) is 4.14. The van der Waals surface area contributed by atoms with E-state index >= 15 is 0 Å². The minimum Gasteiger partial charge on any atom is -0.423 e. The number of benzene rings is 3. The first-order valence-electron chi connectivity index (χ1n) is 9.75. The molecule has 0 radical (unpaired) electrons. The van der Waals surface area contributed by atoms with Crippen molar-refractivity contribution in [2.45, 2.75) is 11.4 Å². The van der Waals surface area contributed by atoms with E-state index in [1.165, 1.54) is 60.7 Å². The summed E-state index contributed by atoms with van der Waals surface area (Å²) in [6, 6.07) is 18.7. The molecule has 11 heteroatoms. The molecule has 4 rings (SSSR count). The molecular formula is C23H15N3O7S. The second-order valence-electron chi connectivity index (χ2n) is 7.09. The highest BCUT2D eigenvalue weighted by Crippen LogP contribution is 2.27. The average Bonchev–Trinajstić information content (AvgIpc) is 2.82. The van der Waals surface area contributed by atoms with Crippen molar-refractivity contribution in [2.75, 3.05) is 5.32 Å². The van der Waals surface area contributed by atoms with Crippen LogP contribution < -0.4 is 15.1 Å². The highest BCUT2D eigenvalue weighted by molar-refractivity contribution is 7.87. The van der Waals surface area contributed by atoms with Crippen molar-refractivity contribution >= 4 is 32.5 Å². The molecule has 10 nitrogen and oxygen atoms in total. The third-order valence-corrected chi connectivity index (χ3v) is 6.04. The third kappa shape index (κ3) is 4.87. The molecular weight excluding hydrogens is 462 g/mol. The molecule has 3 aromatic carbocycles. The monoisotopic (exact) mass is 477 g/mol. The van der Waals surface area contributed by atoms with Gasteiger partial charge in [-0.05, 0) is 42.0 Å². The Morgan fingerprint density at radius 1 is 1.06 bits per heavy atom. The van der Waals surface area contributed by atoms with E-state index in [9.17, 15) is 23.3 Å². The lowest BCUT2D eigenvalue weighted by atomic mass is 10.1. The molecule has 34 heavy (non-hydrogen) atoms. The third-order valence-electron chi connectivity index (χ3n) is 4.80. The number of nitro benzene ring substituents is 1. The smallest absolute Gasteiger partial charge is 0.339 e. The van der Waals surface area contributed by atoms with E-state index in [-0.39, 0.29) is 34.0 Å². The van der Waals surface area contributed by atoms with Crippen molar-refractivity contribution in [1.29, 1.82) is 5.26 Å². The van der Waals surface area contributed by atoms with Crippen LogP contribution in [0.5, 0.6) is 5.75 Å². The molecule has 0 aliphatic rings. The fourth-order valence-electron chi connectivity index (χ4n) is 3.17. The Balaban J connectivity index is 1.51. The number of hydrogen-bond acceptors (Lipinski definition) is 9. The average molecular weight is 477 g/mol. The Kier molecular flexibility index (Phi) is 5.99. The quantitative estimate of drug-likeness (QED) is 0.180. The fraction of sp³-hybridized carbons (Fsp3) is 0.0435. The standard InChI is InChI=1S/C23H15N3O7S/c24-13-16-2-1-3-19(10-16)34(30,31)33-18-7-4-15(5-8-18)14-25-21-12-23(27)32-22-9-6-17(26(28)29)11-20(21)22/h1-12,25H,14H2.